The standard InChI is InChI=1S/C14H18BrNO/c1-9(2)16-8-10(14(3,4)17)13-11(15)6-5-7-12(13)16/h5-9,17H,1-4H3. The van der Waals surface area contributed by atoms with Crippen molar-refractivity contribution in [1.82, 2.24) is 4.57 Å². The van der Waals surface area contributed by atoms with E-state index in [1.807, 2.05) is 26.0 Å². The minimum absolute atomic E-state index is 0.378. The largest absolute Gasteiger partial charge is 0.386 e. The predicted molar refractivity (Wildman–Crippen MR) is 75.3 cm³/mol. The van der Waals surface area contributed by atoms with Crippen LogP contribution in [-0.2, 0) is 5.60 Å². The molecule has 0 atom stereocenters. The van der Waals surface area contributed by atoms with E-state index in [1.165, 1.54) is 0 Å². The van der Waals surface area contributed by atoms with Gasteiger partial charge in [0.15, 0.2) is 0 Å². The maximum Gasteiger partial charge on any atom is 0.0861 e. The van der Waals surface area contributed by atoms with Crippen molar-refractivity contribution in [1.29, 1.82) is 0 Å². The topological polar surface area (TPSA) is 25.2 Å². The zero-order valence-electron chi connectivity index (χ0n) is 10.7. The van der Waals surface area contributed by atoms with Crippen LogP contribution in [0.15, 0.2) is 28.9 Å². The van der Waals surface area contributed by atoms with E-state index < -0.39 is 5.60 Å². The average Bonchev–Trinajstić information content (AvgIpc) is 2.57. The number of nitrogens with zero attached hydrogens (tertiary/aromatic N) is 1. The molecule has 3 heteroatoms. The maximum atomic E-state index is 10.3. The van der Waals surface area contributed by atoms with Crippen LogP contribution < -0.4 is 0 Å². The molecule has 0 fully saturated rings. The molecule has 92 valence electrons. The van der Waals surface area contributed by atoms with E-state index in [9.17, 15) is 5.11 Å². The van der Waals surface area contributed by atoms with Gasteiger partial charge in [-0.15, -0.1) is 0 Å². The van der Waals surface area contributed by atoms with Crippen LogP contribution in [0.4, 0.5) is 0 Å². The third-order valence-corrected chi connectivity index (χ3v) is 3.68. The highest BCUT2D eigenvalue weighted by molar-refractivity contribution is 9.10. The van der Waals surface area contributed by atoms with Crippen molar-refractivity contribution < 1.29 is 5.11 Å². The van der Waals surface area contributed by atoms with Crippen molar-refractivity contribution in [3.8, 4) is 0 Å². The van der Waals surface area contributed by atoms with Gasteiger partial charge in [0, 0.05) is 33.2 Å². The number of aromatic nitrogens is 1. The third kappa shape index (κ3) is 2.14. The van der Waals surface area contributed by atoms with E-state index in [-0.39, 0.29) is 0 Å². The average molecular weight is 296 g/mol. The normalized spacial score (nSPS) is 12.6. The molecule has 2 rings (SSSR count). The molecule has 0 aliphatic rings. The molecule has 1 heterocycles. The first kappa shape index (κ1) is 12.7. The lowest BCUT2D eigenvalue weighted by molar-refractivity contribution is 0.0799. The molecule has 1 aromatic heterocycles. The van der Waals surface area contributed by atoms with Gasteiger partial charge in [-0.05, 0) is 39.8 Å². The van der Waals surface area contributed by atoms with E-state index in [0.717, 1.165) is 20.9 Å². The SMILES string of the molecule is CC(C)n1cc(C(C)(C)O)c2c(Br)cccc21. The zero-order chi connectivity index (χ0) is 12.8. The van der Waals surface area contributed by atoms with Gasteiger partial charge in [0.25, 0.3) is 0 Å². The lowest BCUT2D eigenvalue weighted by Gasteiger charge is -2.16. The van der Waals surface area contributed by atoms with E-state index in [2.05, 4.69) is 46.6 Å². The van der Waals surface area contributed by atoms with Gasteiger partial charge < -0.3 is 9.67 Å². The van der Waals surface area contributed by atoms with E-state index in [4.69, 9.17) is 0 Å². The van der Waals surface area contributed by atoms with E-state index in [1.54, 1.807) is 0 Å². The molecule has 0 bridgehead atoms. The van der Waals surface area contributed by atoms with Gasteiger partial charge in [-0.2, -0.15) is 0 Å². The Kier molecular flexibility index (Phi) is 3.08. The summed E-state index contributed by atoms with van der Waals surface area (Å²) in [5.41, 5.74) is 1.29. The summed E-state index contributed by atoms with van der Waals surface area (Å²) in [6, 6.07) is 6.51. The number of benzene rings is 1. The highest BCUT2D eigenvalue weighted by atomic mass is 79.9. The molecule has 2 nitrogen and oxygen atoms in total. The Morgan fingerprint density at radius 3 is 2.47 bits per heavy atom. The fourth-order valence-corrected chi connectivity index (χ4v) is 2.73. The first-order chi connectivity index (χ1) is 7.82. The van der Waals surface area contributed by atoms with Crippen LogP contribution in [0.3, 0.4) is 0 Å². The van der Waals surface area contributed by atoms with Crippen molar-refractivity contribution in [2.24, 2.45) is 0 Å². The summed E-state index contributed by atoms with van der Waals surface area (Å²) in [5.74, 6) is 0. The monoisotopic (exact) mass is 295 g/mol. The van der Waals surface area contributed by atoms with Crippen LogP contribution >= 0.6 is 15.9 Å². The summed E-state index contributed by atoms with van der Waals surface area (Å²) in [4.78, 5) is 0. The van der Waals surface area contributed by atoms with Gasteiger partial charge in [-0.1, -0.05) is 22.0 Å². The summed E-state index contributed by atoms with van der Waals surface area (Å²) < 4.78 is 3.24. The minimum atomic E-state index is -0.831. The second-order valence-electron chi connectivity index (χ2n) is 5.24. The number of aliphatic hydroxyl groups is 1. The molecule has 1 N–H and O–H groups in total. The van der Waals surface area contributed by atoms with Crippen molar-refractivity contribution in [3.63, 3.8) is 0 Å². The van der Waals surface area contributed by atoms with Crippen LogP contribution in [0, 0.1) is 0 Å². The van der Waals surface area contributed by atoms with Crippen molar-refractivity contribution in [2.75, 3.05) is 0 Å². The van der Waals surface area contributed by atoms with Gasteiger partial charge in [-0.3, -0.25) is 0 Å². The van der Waals surface area contributed by atoms with Crippen molar-refractivity contribution in [3.05, 3.63) is 34.4 Å². The minimum Gasteiger partial charge on any atom is -0.386 e. The molecule has 0 aliphatic heterocycles. The highest BCUT2D eigenvalue weighted by Gasteiger charge is 2.24. The molecular weight excluding hydrogens is 278 g/mol. The van der Waals surface area contributed by atoms with E-state index in [0.29, 0.717) is 6.04 Å². The van der Waals surface area contributed by atoms with Crippen LogP contribution in [0.2, 0.25) is 0 Å². The van der Waals surface area contributed by atoms with Crippen molar-refractivity contribution in [2.45, 2.75) is 39.3 Å². The fourth-order valence-electron chi connectivity index (χ4n) is 2.16. The van der Waals surface area contributed by atoms with Crippen LogP contribution in [0.5, 0.6) is 0 Å². The first-order valence-corrected chi connectivity index (χ1v) is 6.63. The molecule has 0 radical (unpaired) electrons. The van der Waals surface area contributed by atoms with Gasteiger partial charge in [-0.25, -0.2) is 0 Å². The second-order valence-corrected chi connectivity index (χ2v) is 6.09. The van der Waals surface area contributed by atoms with Crippen LogP contribution in [0.25, 0.3) is 10.9 Å². The fraction of sp³-hybridized carbons (Fsp3) is 0.429. The Balaban J connectivity index is 2.86. The molecule has 0 aliphatic carbocycles. The molecule has 0 amide bonds. The molecule has 0 saturated carbocycles. The third-order valence-electron chi connectivity index (χ3n) is 3.02. The lowest BCUT2D eigenvalue weighted by Crippen LogP contribution is -2.15. The van der Waals surface area contributed by atoms with Crippen LogP contribution in [-0.4, -0.2) is 9.67 Å². The molecule has 0 spiro atoms. The summed E-state index contributed by atoms with van der Waals surface area (Å²) >= 11 is 3.58. The smallest absolute Gasteiger partial charge is 0.0861 e. The Bertz CT molecular complexity index is 549. The Morgan fingerprint density at radius 2 is 1.94 bits per heavy atom. The number of hydrogen-bond acceptors (Lipinski definition) is 1. The molecular formula is C14H18BrNO. The van der Waals surface area contributed by atoms with E-state index >= 15 is 0 Å². The predicted octanol–water partition coefficient (Wildman–Crippen LogP) is 4.21. The summed E-state index contributed by atoms with van der Waals surface area (Å²) in [6.07, 6.45) is 2.06. The zero-order valence-corrected chi connectivity index (χ0v) is 12.2. The molecule has 2 aromatic rings. The summed E-state index contributed by atoms with van der Waals surface area (Å²) in [7, 11) is 0. The Hall–Kier alpha value is -0.800. The highest BCUT2D eigenvalue weighted by Crippen LogP contribution is 2.36. The number of rotatable bonds is 2. The summed E-state index contributed by atoms with van der Waals surface area (Å²) in [6.45, 7) is 7.95. The molecule has 1 aromatic carbocycles. The second kappa shape index (κ2) is 4.14. The van der Waals surface area contributed by atoms with Gasteiger partial charge >= 0.3 is 0 Å². The van der Waals surface area contributed by atoms with Gasteiger partial charge in [0.05, 0.1) is 5.60 Å². The summed E-state index contributed by atoms with van der Waals surface area (Å²) in [5, 5.41) is 11.4. The van der Waals surface area contributed by atoms with Gasteiger partial charge in [0.1, 0.15) is 0 Å². The quantitative estimate of drug-likeness (QED) is 0.882. The lowest BCUT2D eigenvalue weighted by atomic mass is 9.98. The molecule has 0 saturated heterocycles. The number of hydrogen-bond donors (Lipinski definition) is 1. The number of halogens is 1. The Morgan fingerprint density at radius 1 is 1.29 bits per heavy atom. The Labute approximate surface area is 110 Å². The van der Waals surface area contributed by atoms with Crippen LogP contribution in [0.1, 0.15) is 39.3 Å². The first-order valence-electron chi connectivity index (χ1n) is 5.84. The molecule has 17 heavy (non-hydrogen) atoms. The van der Waals surface area contributed by atoms with Crippen molar-refractivity contribution >= 4 is 26.8 Å². The van der Waals surface area contributed by atoms with Gasteiger partial charge in [0.2, 0.25) is 0 Å². The number of fused-ring (bicyclic) bond motifs is 1. The molecule has 0 unspecified atom stereocenters. The maximum absolute atomic E-state index is 10.3.